The maximum atomic E-state index is 8.95. The van der Waals surface area contributed by atoms with E-state index in [9.17, 15) is 0 Å². The van der Waals surface area contributed by atoms with Gasteiger partial charge in [0, 0.05) is 25.7 Å². The van der Waals surface area contributed by atoms with Gasteiger partial charge in [0.1, 0.15) is 0 Å². The summed E-state index contributed by atoms with van der Waals surface area (Å²) < 4.78 is 0. The lowest BCUT2D eigenvalue weighted by Crippen LogP contribution is -2.36. The zero-order valence-corrected chi connectivity index (χ0v) is 9.26. The highest BCUT2D eigenvalue weighted by Gasteiger charge is 2.07. The molecule has 0 spiro atoms. The number of nitrogens with zero attached hydrogens (tertiary/aromatic N) is 1. The molecule has 0 saturated heterocycles. The van der Waals surface area contributed by atoms with Crippen LogP contribution in [0.1, 0.15) is 12.5 Å². The largest absolute Gasteiger partial charge is 0.395 e. The molecule has 0 aliphatic heterocycles. The van der Waals surface area contributed by atoms with Gasteiger partial charge in [-0.2, -0.15) is 0 Å². The summed E-state index contributed by atoms with van der Waals surface area (Å²) in [6, 6.07) is 10.4. The highest BCUT2D eigenvalue weighted by molar-refractivity contribution is 5.14. The second-order valence-electron chi connectivity index (χ2n) is 3.92. The Balaban J connectivity index is 2.50. The van der Waals surface area contributed by atoms with Crippen LogP contribution in [0.25, 0.3) is 0 Å². The minimum atomic E-state index is 0.139. The van der Waals surface area contributed by atoms with Crippen molar-refractivity contribution in [3.05, 3.63) is 35.9 Å². The van der Waals surface area contributed by atoms with Crippen molar-refractivity contribution in [3.63, 3.8) is 0 Å². The van der Waals surface area contributed by atoms with Gasteiger partial charge < -0.3 is 10.8 Å². The van der Waals surface area contributed by atoms with E-state index >= 15 is 0 Å². The Bertz CT molecular complexity index is 262. The fourth-order valence-electron chi connectivity index (χ4n) is 1.63. The van der Waals surface area contributed by atoms with Crippen molar-refractivity contribution < 1.29 is 5.11 Å². The summed E-state index contributed by atoms with van der Waals surface area (Å²) in [6.45, 7) is 4.50. The average Bonchev–Trinajstić information content (AvgIpc) is 2.18. The fraction of sp³-hybridized carbons (Fsp3) is 0.500. The van der Waals surface area contributed by atoms with Gasteiger partial charge in [0.05, 0.1) is 6.61 Å². The molecule has 1 rings (SSSR count). The van der Waals surface area contributed by atoms with E-state index < -0.39 is 0 Å². The molecule has 0 aliphatic carbocycles. The second kappa shape index (κ2) is 6.56. The molecule has 0 unspecified atom stereocenters. The van der Waals surface area contributed by atoms with Crippen LogP contribution >= 0.6 is 0 Å². The van der Waals surface area contributed by atoms with Crippen molar-refractivity contribution in [1.82, 2.24) is 4.90 Å². The summed E-state index contributed by atoms with van der Waals surface area (Å²) in [6.07, 6.45) is 0. The molecule has 0 bridgehead atoms. The number of aliphatic hydroxyl groups excluding tert-OH is 1. The normalized spacial score (nSPS) is 13.1. The van der Waals surface area contributed by atoms with Crippen molar-refractivity contribution in [2.24, 2.45) is 5.73 Å². The molecule has 3 nitrogen and oxygen atoms in total. The van der Waals surface area contributed by atoms with Crippen LogP contribution in [0.15, 0.2) is 30.3 Å². The van der Waals surface area contributed by atoms with Crippen molar-refractivity contribution in [1.29, 1.82) is 0 Å². The maximum absolute atomic E-state index is 8.95. The van der Waals surface area contributed by atoms with Crippen LogP contribution < -0.4 is 5.73 Å². The van der Waals surface area contributed by atoms with Crippen molar-refractivity contribution in [2.75, 3.05) is 19.7 Å². The van der Waals surface area contributed by atoms with Crippen LogP contribution in [0, 0.1) is 0 Å². The molecular weight excluding hydrogens is 188 g/mol. The Kier molecular flexibility index (Phi) is 5.32. The number of aliphatic hydroxyl groups is 1. The summed E-state index contributed by atoms with van der Waals surface area (Å²) >= 11 is 0. The molecule has 0 fully saturated rings. The molecule has 0 heterocycles. The summed E-state index contributed by atoms with van der Waals surface area (Å²) in [5, 5.41) is 8.95. The van der Waals surface area contributed by atoms with E-state index in [1.54, 1.807) is 0 Å². The van der Waals surface area contributed by atoms with Gasteiger partial charge in [0.25, 0.3) is 0 Å². The molecule has 0 aliphatic rings. The third-order valence-corrected chi connectivity index (χ3v) is 2.21. The van der Waals surface area contributed by atoms with Crippen LogP contribution in [-0.2, 0) is 6.54 Å². The minimum absolute atomic E-state index is 0.139. The molecule has 84 valence electrons. The van der Waals surface area contributed by atoms with Crippen molar-refractivity contribution >= 4 is 0 Å². The van der Waals surface area contributed by atoms with E-state index in [2.05, 4.69) is 17.0 Å². The van der Waals surface area contributed by atoms with Crippen LogP contribution in [0.2, 0.25) is 0 Å². The van der Waals surface area contributed by atoms with E-state index in [1.807, 2.05) is 25.1 Å². The fourth-order valence-corrected chi connectivity index (χ4v) is 1.63. The number of hydrogen-bond acceptors (Lipinski definition) is 3. The molecule has 1 aromatic rings. The van der Waals surface area contributed by atoms with E-state index in [0.717, 1.165) is 13.1 Å². The quantitative estimate of drug-likeness (QED) is 0.728. The molecule has 15 heavy (non-hydrogen) atoms. The summed E-state index contributed by atoms with van der Waals surface area (Å²) in [5.41, 5.74) is 7.01. The Hall–Kier alpha value is -0.900. The van der Waals surface area contributed by atoms with E-state index in [0.29, 0.717) is 6.54 Å². The molecule has 3 heteroatoms. The Morgan fingerprint density at radius 3 is 2.53 bits per heavy atom. The van der Waals surface area contributed by atoms with E-state index in [1.165, 1.54) is 5.56 Å². The third kappa shape index (κ3) is 4.93. The van der Waals surface area contributed by atoms with Crippen LogP contribution in [0.4, 0.5) is 0 Å². The predicted molar refractivity (Wildman–Crippen MR) is 62.5 cm³/mol. The summed E-state index contributed by atoms with van der Waals surface area (Å²) in [7, 11) is 0. The topological polar surface area (TPSA) is 49.5 Å². The lowest BCUT2D eigenvalue weighted by Gasteiger charge is -2.23. The third-order valence-electron chi connectivity index (χ3n) is 2.21. The summed E-state index contributed by atoms with van der Waals surface area (Å²) in [5.74, 6) is 0. The standard InChI is InChI=1S/C12H20N2O/c1-11(13)9-14(7-8-15)10-12-5-3-2-4-6-12/h2-6,11,15H,7-10,13H2,1H3/t11-/m1/s1. The van der Waals surface area contributed by atoms with Crippen molar-refractivity contribution in [2.45, 2.75) is 19.5 Å². The van der Waals surface area contributed by atoms with Gasteiger partial charge in [-0.05, 0) is 12.5 Å². The number of nitrogens with two attached hydrogens (primary N) is 1. The molecular formula is C12H20N2O. The van der Waals surface area contributed by atoms with Crippen LogP contribution in [0.5, 0.6) is 0 Å². The zero-order chi connectivity index (χ0) is 11.1. The van der Waals surface area contributed by atoms with Gasteiger partial charge in [-0.15, -0.1) is 0 Å². The second-order valence-corrected chi connectivity index (χ2v) is 3.92. The molecule has 0 amide bonds. The van der Waals surface area contributed by atoms with Gasteiger partial charge in [0.2, 0.25) is 0 Å². The molecule has 0 saturated carbocycles. The van der Waals surface area contributed by atoms with E-state index in [4.69, 9.17) is 10.8 Å². The first kappa shape index (κ1) is 12.2. The predicted octanol–water partition coefficient (Wildman–Crippen LogP) is 0.828. The Morgan fingerprint density at radius 1 is 1.33 bits per heavy atom. The lowest BCUT2D eigenvalue weighted by molar-refractivity contribution is 0.184. The molecule has 0 aromatic heterocycles. The zero-order valence-electron chi connectivity index (χ0n) is 9.26. The first-order valence-electron chi connectivity index (χ1n) is 5.35. The number of rotatable bonds is 6. The van der Waals surface area contributed by atoms with Gasteiger partial charge in [0.15, 0.2) is 0 Å². The lowest BCUT2D eigenvalue weighted by atomic mass is 10.2. The highest BCUT2D eigenvalue weighted by atomic mass is 16.3. The molecule has 0 radical (unpaired) electrons. The average molecular weight is 208 g/mol. The van der Waals surface area contributed by atoms with E-state index in [-0.39, 0.29) is 12.6 Å². The van der Waals surface area contributed by atoms with Gasteiger partial charge in [-0.25, -0.2) is 0 Å². The molecule has 1 atom stereocenters. The van der Waals surface area contributed by atoms with Crippen molar-refractivity contribution in [3.8, 4) is 0 Å². The van der Waals surface area contributed by atoms with Crippen LogP contribution in [0.3, 0.4) is 0 Å². The van der Waals surface area contributed by atoms with Gasteiger partial charge in [-0.3, -0.25) is 4.90 Å². The SMILES string of the molecule is C[C@@H](N)CN(CCO)Cc1ccccc1. The number of benzene rings is 1. The maximum Gasteiger partial charge on any atom is 0.0558 e. The smallest absolute Gasteiger partial charge is 0.0558 e. The minimum Gasteiger partial charge on any atom is -0.395 e. The summed E-state index contributed by atoms with van der Waals surface area (Å²) in [4.78, 5) is 2.17. The van der Waals surface area contributed by atoms with Crippen LogP contribution in [-0.4, -0.2) is 35.7 Å². The van der Waals surface area contributed by atoms with Gasteiger partial charge >= 0.3 is 0 Å². The molecule has 3 N–H and O–H groups in total. The monoisotopic (exact) mass is 208 g/mol. The first-order chi connectivity index (χ1) is 7.22. The molecule has 1 aromatic carbocycles. The van der Waals surface area contributed by atoms with Gasteiger partial charge in [-0.1, -0.05) is 30.3 Å². The Labute approximate surface area is 91.5 Å². The number of hydrogen-bond donors (Lipinski definition) is 2. The highest BCUT2D eigenvalue weighted by Crippen LogP contribution is 2.04. The first-order valence-corrected chi connectivity index (χ1v) is 5.35. The Morgan fingerprint density at radius 2 is 2.00 bits per heavy atom.